The van der Waals surface area contributed by atoms with Gasteiger partial charge in [0.05, 0.1) is 6.61 Å². The van der Waals surface area contributed by atoms with E-state index in [2.05, 4.69) is 27.8 Å². The fourth-order valence-corrected chi connectivity index (χ4v) is 4.08. The van der Waals surface area contributed by atoms with Gasteiger partial charge in [0.25, 0.3) is 0 Å². The number of nitrogens with zero attached hydrogens (tertiary/aromatic N) is 3. The van der Waals surface area contributed by atoms with Crippen molar-refractivity contribution in [2.45, 2.75) is 24.7 Å². The molecule has 0 spiro atoms. The van der Waals surface area contributed by atoms with Crippen LogP contribution in [0.4, 0.5) is 5.69 Å². The second-order valence-electron chi connectivity index (χ2n) is 7.78. The van der Waals surface area contributed by atoms with Gasteiger partial charge in [0, 0.05) is 30.2 Å². The lowest BCUT2D eigenvalue weighted by Gasteiger charge is -2.19. The average molecular weight is 443 g/mol. The summed E-state index contributed by atoms with van der Waals surface area (Å²) in [7, 11) is 0. The third kappa shape index (κ3) is 4.89. The standard InChI is InChI=1S/C25H26N6O2/c26-18-29-25(30-20-12-14-28-15-13-20)23(24(27)32)31(25)16-6-7-17-33-22-11-5-4-10-21(22)19-8-2-1-3-9-19/h1-5,8-15,23,29H,6-7,16-17H2,(H2,27,32)(H,28,30). The SMILES string of the molecule is N#CNC1(Nc2ccncc2)C(C(N)=O)N1CCCCOc1ccccc1-c1ccccc1. The predicted molar refractivity (Wildman–Crippen MR) is 126 cm³/mol. The van der Waals surface area contributed by atoms with E-state index in [9.17, 15) is 10.1 Å². The molecule has 0 bridgehead atoms. The molecular formula is C25H26N6O2. The van der Waals surface area contributed by atoms with Crippen molar-refractivity contribution >= 4 is 11.6 Å². The topological polar surface area (TPSA) is 116 Å². The number of nitrogens with two attached hydrogens (primary N) is 1. The zero-order valence-electron chi connectivity index (χ0n) is 18.1. The number of carbonyl (C=O) groups excluding carboxylic acids is 1. The molecule has 1 aliphatic heterocycles. The Labute approximate surface area is 193 Å². The van der Waals surface area contributed by atoms with Gasteiger partial charge in [-0.25, -0.2) is 4.90 Å². The van der Waals surface area contributed by atoms with Gasteiger partial charge in [-0.1, -0.05) is 48.5 Å². The summed E-state index contributed by atoms with van der Waals surface area (Å²) in [5.41, 5.74) is 8.52. The van der Waals surface area contributed by atoms with Crippen LogP contribution in [0.2, 0.25) is 0 Å². The van der Waals surface area contributed by atoms with E-state index >= 15 is 0 Å². The Morgan fingerprint density at radius 2 is 1.82 bits per heavy atom. The van der Waals surface area contributed by atoms with Crippen LogP contribution in [0.25, 0.3) is 11.1 Å². The average Bonchev–Trinajstić information content (AvgIpc) is 3.46. The first-order chi connectivity index (χ1) is 16.2. The monoisotopic (exact) mass is 442 g/mol. The number of anilines is 1. The molecule has 0 radical (unpaired) electrons. The lowest BCUT2D eigenvalue weighted by molar-refractivity contribution is -0.118. The van der Waals surface area contributed by atoms with Crippen molar-refractivity contribution in [3.63, 3.8) is 0 Å². The van der Waals surface area contributed by atoms with Gasteiger partial charge in [0.15, 0.2) is 6.19 Å². The summed E-state index contributed by atoms with van der Waals surface area (Å²) in [6.07, 6.45) is 6.77. The Balaban J connectivity index is 1.34. The van der Waals surface area contributed by atoms with Crippen molar-refractivity contribution in [2.75, 3.05) is 18.5 Å². The zero-order chi connectivity index (χ0) is 23.1. The number of ether oxygens (including phenoxy) is 1. The fourth-order valence-electron chi connectivity index (χ4n) is 4.08. The zero-order valence-corrected chi connectivity index (χ0v) is 18.1. The first kappa shape index (κ1) is 22.1. The minimum absolute atomic E-state index is 0.493. The number of rotatable bonds is 11. The first-order valence-electron chi connectivity index (χ1n) is 10.8. The molecular weight excluding hydrogens is 416 g/mol. The first-order valence-corrected chi connectivity index (χ1v) is 10.8. The van der Waals surface area contributed by atoms with Gasteiger partial charge < -0.3 is 15.8 Å². The number of pyridine rings is 1. The van der Waals surface area contributed by atoms with E-state index in [1.165, 1.54) is 0 Å². The molecule has 1 saturated heterocycles. The lowest BCUT2D eigenvalue weighted by atomic mass is 10.1. The van der Waals surface area contributed by atoms with Crippen molar-refractivity contribution in [1.29, 1.82) is 5.26 Å². The molecule has 0 saturated carbocycles. The molecule has 0 aliphatic carbocycles. The highest BCUT2D eigenvalue weighted by atomic mass is 16.5. The normalized spacial score (nSPS) is 20.9. The van der Waals surface area contributed by atoms with Crippen LogP contribution < -0.4 is 21.1 Å². The summed E-state index contributed by atoms with van der Waals surface area (Å²) in [6.45, 7) is 1.11. The Kier molecular flexibility index (Phi) is 6.72. The molecule has 2 heterocycles. The predicted octanol–water partition coefficient (Wildman–Crippen LogP) is 2.91. The number of nitriles is 1. The van der Waals surface area contributed by atoms with E-state index in [1.54, 1.807) is 24.5 Å². The molecule has 8 nitrogen and oxygen atoms in total. The summed E-state index contributed by atoms with van der Waals surface area (Å²) in [4.78, 5) is 17.9. The van der Waals surface area contributed by atoms with E-state index in [0.29, 0.717) is 13.2 Å². The van der Waals surface area contributed by atoms with Crippen molar-refractivity contribution in [3.8, 4) is 23.1 Å². The summed E-state index contributed by atoms with van der Waals surface area (Å²) < 4.78 is 6.06. The molecule has 8 heteroatoms. The minimum Gasteiger partial charge on any atom is -0.493 e. The number of unbranched alkanes of at least 4 members (excludes halogenated alkanes) is 1. The second-order valence-corrected chi connectivity index (χ2v) is 7.78. The second kappa shape index (κ2) is 10.0. The van der Waals surface area contributed by atoms with Crippen LogP contribution in [0.15, 0.2) is 79.1 Å². The van der Waals surface area contributed by atoms with Crippen LogP contribution in [0.5, 0.6) is 5.75 Å². The summed E-state index contributed by atoms with van der Waals surface area (Å²) in [5.74, 6) is -0.680. The van der Waals surface area contributed by atoms with E-state index in [0.717, 1.165) is 35.4 Å². The van der Waals surface area contributed by atoms with Crippen LogP contribution in [0.3, 0.4) is 0 Å². The number of hydrogen-bond donors (Lipinski definition) is 3. The van der Waals surface area contributed by atoms with Crippen molar-refractivity contribution in [3.05, 3.63) is 79.1 Å². The molecule has 33 heavy (non-hydrogen) atoms. The fraction of sp³-hybridized carbons (Fsp3) is 0.240. The van der Waals surface area contributed by atoms with Crippen LogP contribution in [0, 0.1) is 11.5 Å². The van der Waals surface area contributed by atoms with Gasteiger partial charge in [-0.15, -0.1) is 0 Å². The van der Waals surface area contributed by atoms with E-state index < -0.39 is 17.7 Å². The molecule has 2 aromatic carbocycles. The highest BCUT2D eigenvalue weighted by molar-refractivity contribution is 5.86. The largest absolute Gasteiger partial charge is 0.493 e. The number of aromatic nitrogens is 1. The van der Waals surface area contributed by atoms with E-state index in [1.807, 2.05) is 53.6 Å². The Hall–Kier alpha value is -4.09. The van der Waals surface area contributed by atoms with Gasteiger partial charge in [-0.2, -0.15) is 5.26 Å². The smallest absolute Gasteiger partial charge is 0.240 e. The summed E-state index contributed by atoms with van der Waals surface area (Å²) in [5, 5.41) is 15.2. The molecule has 4 rings (SSSR count). The van der Waals surface area contributed by atoms with Crippen LogP contribution in [-0.4, -0.2) is 40.8 Å². The van der Waals surface area contributed by atoms with Crippen molar-refractivity contribution in [2.24, 2.45) is 5.73 Å². The Morgan fingerprint density at radius 3 is 2.55 bits per heavy atom. The van der Waals surface area contributed by atoms with Crippen molar-refractivity contribution in [1.82, 2.24) is 15.2 Å². The van der Waals surface area contributed by atoms with Gasteiger partial charge in [-0.05, 0) is 36.6 Å². The number of carbonyl (C=O) groups is 1. The van der Waals surface area contributed by atoms with Gasteiger partial charge in [0.2, 0.25) is 11.7 Å². The molecule has 1 fully saturated rings. The number of hydrogen-bond acceptors (Lipinski definition) is 7. The maximum absolute atomic E-state index is 12.1. The Bertz CT molecular complexity index is 1120. The van der Waals surface area contributed by atoms with Crippen LogP contribution >= 0.6 is 0 Å². The third-order valence-corrected chi connectivity index (χ3v) is 5.65. The molecule has 1 aromatic heterocycles. The number of amides is 1. The maximum Gasteiger partial charge on any atom is 0.240 e. The maximum atomic E-state index is 12.1. The number of benzene rings is 2. The van der Waals surface area contributed by atoms with Crippen LogP contribution in [0.1, 0.15) is 12.8 Å². The summed E-state index contributed by atoms with van der Waals surface area (Å²) in [6, 6.07) is 21.0. The number of nitrogens with one attached hydrogen (secondary N) is 2. The van der Waals surface area contributed by atoms with Gasteiger partial charge in [-0.3, -0.25) is 15.1 Å². The molecule has 3 unspecified atom stereocenters. The number of para-hydroxylation sites is 1. The Morgan fingerprint density at radius 1 is 1.09 bits per heavy atom. The highest BCUT2D eigenvalue weighted by Gasteiger charge is 2.66. The van der Waals surface area contributed by atoms with Crippen LogP contribution in [-0.2, 0) is 4.79 Å². The minimum atomic E-state index is -1.03. The molecule has 1 amide bonds. The molecule has 4 N–H and O–H groups in total. The van der Waals surface area contributed by atoms with Gasteiger partial charge in [0.1, 0.15) is 11.8 Å². The quantitative estimate of drug-likeness (QED) is 0.137. The van der Waals surface area contributed by atoms with E-state index in [-0.39, 0.29) is 0 Å². The molecule has 168 valence electrons. The highest BCUT2D eigenvalue weighted by Crippen LogP contribution is 2.39. The molecule has 3 aromatic rings. The third-order valence-electron chi connectivity index (χ3n) is 5.65. The van der Waals surface area contributed by atoms with Gasteiger partial charge >= 0.3 is 0 Å². The molecule has 1 aliphatic rings. The molecule has 3 atom stereocenters. The summed E-state index contributed by atoms with van der Waals surface area (Å²) >= 11 is 0. The number of primary amides is 1. The lowest BCUT2D eigenvalue weighted by Crippen LogP contribution is -2.44. The van der Waals surface area contributed by atoms with Crippen molar-refractivity contribution < 1.29 is 9.53 Å². The van der Waals surface area contributed by atoms with E-state index in [4.69, 9.17) is 10.5 Å².